The second-order valence-corrected chi connectivity index (χ2v) is 6.38. The number of hydrogen-bond acceptors (Lipinski definition) is 2. The van der Waals surface area contributed by atoms with Crippen molar-refractivity contribution in [3.8, 4) is 0 Å². The Bertz CT molecular complexity index is 1070. The van der Waals surface area contributed by atoms with Crippen LogP contribution in [0.4, 0.5) is 10.1 Å². The summed E-state index contributed by atoms with van der Waals surface area (Å²) in [6.07, 6.45) is 6.21. The zero-order valence-electron chi connectivity index (χ0n) is 14.6. The highest BCUT2D eigenvalue weighted by Gasteiger charge is 2.13. The molecule has 4 nitrogen and oxygen atoms in total. The van der Waals surface area contributed by atoms with Gasteiger partial charge in [0.05, 0.1) is 6.42 Å². The normalized spacial score (nSPS) is 10.9. The number of nitrogens with one attached hydrogen (secondary N) is 1. The van der Waals surface area contributed by atoms with Gasteiger partial charge in [0, 0.05) is 41.9 Å². The third kappa shape index (κ3) is 3.87. The van der Waals surface area contributed by atoms with E-state index in [1.807, 2.05) is 30.5 Å². The van der Waals surface area contributed by atoms with E-state index in [1.54, 1.807) is 36.7 Å². The number of halogens is 1. The molecule has 0 aliphatic heterocycles. The van der Waals surface area contributed by atoms with Gasteiger partial charge < -0.3 is 9.72 Å². The summed E-state index contributed by atoms with van der Waals surface area (Å²) in [5.74, 6) is -0.321. The summed E-state index contributed by atoms with van der Waals surface area (Å²) >= 11 is 0. The summed E-state index contributed by atoms with van der Waals surface area (Å²) in [4.78, 5) is 16.4. The minimum absolute atomic E-state index is 0.0779. The monoisotopic (exact) mass is 359 g/mol. The van der Waals surface area contributed by atoms with Crippen LogP contribution in [0.1, 0.15) is 16.8 Å². The lowest BCUT2D eigenvalue weighted by atomic mass is 10.1. The summed E-state index contributed by atoms with van der Waals surface area (Å²) in [6, 6.07) is 18.0. The van der Waals surface area contributed by atoms with Gasteiger partial charge in [-0.05, 0) is 53.6 Å². The lowest BCUT2D eigenvalue weighted by molar-refractivity contribution is -0.115. The summed E-state index contributed by atoms with van der Waals surface area (Å²) < 4.78 is 15.2. The first-order valence-electron chi connectivity index (χ1n) is 8.71. The molecule has 0 atom stereocenters. The molecule has 0 unspecified atom stereocenters. The van der Waals surface area contributed by atoms with E-state index in [9.17, 15) is 9.18 Å². The number of carbonyl (C=O) groups excluding carboxylic acids is 1. The van der Waals surface area contributed by atoms with Gasteiger partial charge in [-0.2, -0.15) is 0 Å². The smallest absolute Gasteiger partial charge is 0.228 e. The van der Waals surface area contributed by atoms with Crippen LogP contribution in [0.5, 0.6) is 0 Å². The Morgan fingerprint density at radius 2 is 1.81 bits per heavy atom. The van der Waals surface area contributed by atoms with Crippen molar-refractivity contribution in [1.29, 1.82) is 0 Å². The van der Waals surface area contributed by atoms with Crippen LogP contribution in [0.15, 0.2) is 79.3 Å². The van der Waals surface area contributed by atoms with Gasteiger partial charge in [0.25, 0.3) is 0 Å². The highest BCUT2D eigenvalue weighted by molar-refractivity contribution is 5.93. The number of rotatable bonds is 5. The number of aromatic nitrogens is 2. The van der Waals surface area contributed by atoms with E-state index in [0.717, 1.165) is 28.0 Å². The fourth-order valence-corrected chi connectivity index (χ4v) is 3.20. The van der Waals surface area contributed by atoms with Crippen molar-refractivity contribution in [3.63, 3.8) is 0 Å². The molecular weight excluding hydrogens is 341 g/mol. The molecule has 0 spiro atoms. The standard InChI is InChI=1S/C22H18FN3O/c23-18-6-4-16(5-7-18)13-20-14-17(21-3-1-2-12-26(20)21)15-22(27)25-19-8-10-24-11-9-19/h1-12,14H,13,15H2,(H,24,25,27). The molecule has 0 aliphatic rings. The molecule has 0 fully saturated rings. The van der Waals surface area contributed by atoms with E-state index in [2.05, 4.69) is 14.7 Å². The maximum absolute atomic E-state index is 13.2. The predicted molar refractivity (Wildman–Crippen MR) is 103 cm³/mol. The van der Waals surface area contributed by atoms with Crippen LogP contribution in [-0.4, -0.2) is 15.3 Å². The van der Waals surface area contributed by atoms with E-state index >= 15 is 0 Å². The average molecular weight is 359 g/mol. The van der Waals surface area contributed by atoms with E-state index in [0.29, 0.717) is 6.42 Å². The van der Waals surface area contributed by atoms with Crippen molar-refractivity contribution < 1.29 is 9.18 Å². The minimum atomic E-state index is -0.243. The van der Waals surface area contributed by atoms with Crippen molar-refractivity contribution in [3.05, 3.63) is 102 Å². The molecule has 0 saturated heterocycles. The molecule has 1 aromatic carbocycles. The maximum atomic E-state index is 13.2. The molecule has 134 valence electrons. The first-order valence-corrected chi connectivity index (χ1v) is 8.71. The highest BCUT2D eigenvalue weighted by Crippen LogP contribution is 2.21. The van der Waals surface area contributed by atoms with Crippen molar-refractivity contribution in [2.24, 2.45) is 0 Å². The number of amides is 1. The van der Waals surface area contributed by atoms with Crippen LogP contribution in [-0.2, 0) is 17.6 Å². The summed E-state index contributed by atoms with van der Waals surface area (Å²) in [7, 11) is 0. The summed E-state index contributed by atoms with van der Waals surface area (Å²) in [5.41, 5.74) is 4.76. The third-order valence-corrected chi connectivity index (χ3v) is 4.45. The lowest BCUT2D eigenvalue weighted by Crippen LogP contribution is -2.14. The Kier molecular flexibility index (Phi) is 4.66. The quantitative estimate of drug-likeness (QED) is 0.579. The number of nitrogens with zero attached hydrogens (tertiary/aromatic N) is 2. The molecule has 4 aromatic rings. The molecule has 0 saturated carbocycles. The molecule has 5 heteroatoms. The van der Waals surface area contributed by atoms with Gasteiger partial charge in [0.2, 0.25) is 5.91 Å². The highest BCUT2D eigenvalue weighted by atomic mass is 19.1. The fourth-order valence-electron chi connectivity index (χ4n) is 3.20. The molecule has 1 N–H and O–H groups in total. The predicted octanol–water partition coefficient (Wildman–Crippen LogP) is 4.25. The first-order chi connectivity index (χ1) is 13.2. The van der Waals surface area contributed by atoms with Gasteiger partial charge in [-0.3, -0.25) is 9.78 Å². The molecule has 0 aliphatic carbocycles. The maximum Gasteiger partial charge on any atom is 0.228 e. The number of fused-ring (bicyclic) bond motifs is 1. The summed E-state index contributed by atoms with van der Waals surface area (Å²) in [6.45, 7) is 0. The molecular formula is C22H18FN3O. The zero-order valence-corrected chi connectivity index (χ0v) is 14.6. The Morgan fingerprint density at radius 1 is 1.04 bits per heavy atom. The van der Waals surface area contributed by atoms with Crippen molar-refractivity contribution in [2.45, 2.75) is 12.8 Å². The Balaban J connectivity index is 1.59. The third-order valence-electron chi connectivity index (χ3n) is 4.45. The van der Waals surface area contributed by atoms with Crippen molar-refractivity contribution in [2.75, 3.05) is 5.32 Å². The van der Waals surface area contributed by atoms with Crippen molar-refractivity contribution in [1.82, 2.24) is 9.38 Å². The number of benzene rings is 1. The molecule has 0 bridgehead atoms. The van der Waals surface area contributed by atoms with E-state index < -0.39 is 0 Å². The van der Waals surface area contributed by atoms with Crippen LogP contribution in [0.25, 0.3) is 5.52 Å². The largest absolute Gasteiger partial charge is 0.326 e. The van der Waals surface area contributed by atoms with Crippen molar-refractivity contribution >= 4 is 17.1 Å². The first kappa shape index (κ1) is 17.0. The van der Waals surface area contributed by atoms with Crippen LogP contribution in [0.2, 0.25) is 0 Å². The van der Waals surface area contributed by atoms with Crippen LogP contribution in [0, 0.1) is 5.82 Å². The topological polar surface area (TPSA) is 46.4 Å². The summed E-state index contributed by atoms with van der Waals surface area (Å²) in [5, 5.41) is 2.89. The molecule has 4 rings (SSSR count). The van der Waals surface area contributed by atoms with E-state index in [1.165, 1.54) is 12.1 Å². The second-order valence-electron chi connectivity index (χ2n) is 6.38. The lowest BCUT2D eigenvalue weighted by Gasteiger charge is -2.04. The van der Waals surface area contributed by atoms with Crippen LogP contribution < -0.4 is 5.32 Å². The van der Waals surface area contributed by atoms with Gasteiger partial charge in [-0.1, -0.05) is 18.2 Å². The van der Waals surface area contributed by atoms with Crippen LogP contribution in [0.3, 0.4) is 0 Å². The van der Waals surface area contributed by atoms with E-state index in [-0.39, 0.29) is 18.1 Å². The minimum Gasteiger partial charge on any atom is -0.326 e. The molecule has 3 heterocycles. The number of anilines is 1. The fraction of sp³-hybridized carbons (Fsp3) is 0.0909. The van der Waals surface area contributed by atoms with E-state index in [4.69, 9.17) is 0 Å². The van der Waals surface area contributed by atoms with Gasteiger partial charge in [0.1, 0.15) is 5.82 Å². The van der Waals surface area contributed by atoms with Gasteiger partial charge in [-0.25, -0.2) is 4.39 Å². The van der Waals surface area contributed by atoms with Crippen LogP contribution >= 0.6 is 0 Å². The van der Waals surface area contributed by atoms with Gasteiger partial charge >= 0.3 is 0 Å². The number of carbonyl (C=O) groups is 1. The SMILES string of the molecule is O=C(Cc1cc(Cc2ccc(F)cc2)n2ccccc12)Nc1ccncc1. The molecule has 1 amide bonds. The molecule has 3 aromatic heterocycles. The van der Waals surface area contributed by atoms with Gasteiger partial charge in [0.15, 0.2) is 0 Å². The zero-order chi connectivity index (χ0) is 18.6. The molecule has 0 radical (unpaired) electrons. The Labute approximate surface area is 156 Å². The molecule has 27 heavy (non-hydrogen) atoms. The number of hydrogen-bond donors (Lipinski definition) is 1. The average Bonchev–Trinajstić information content (AvgIpc) is 3.02. The van der Waals surface area contributed by atoms with Gasteiger partial charge in [-0.15, -0.1) is 0 Å². The second kappa shape index (κ2) is 7.41. The Morgan fingerprint density at radius 3 is 2.59 bits per heavy atom. The number of pyridine rings is 2. The Hall–Kier alpha value is -3.47.